The van der Waals surface area contributed by atoms with Gasteiger partial charge in [-0.25, -0.2) is 9.29 Å². The van der Waals surface area contributed by atoms with Gasteiger partial charge < -0.3 is 14.4 Å². The number of amides is 3. The lowest BCUT2D eigenvalue weighted by atomic mass is 10.1. The molecule has 2 aliphatic rings. The molecule has 31 heavy (non-hydrogen) atoms. The van der Waals surface area contributed by atoms with Crippen molar-refractivity contribution in [2.75, 3.05) is 23.0 Å². The van der Waals surface area contributed by atoms with E-state index in [-0.39, 0.29) is 41.5 Å². The van der Waals surface area contributed by atoms with Crippen LogP contribution in [0.2, 0.25) is 0 Å². The fourth-order valence-corrected chi connectivity index (χ4v) is 3.44. The van der Waals surface area contributed by atoms with E-state index >= 15 is 0 Å². The van der Waals surface area contributed by atoms with Crippen LogP contribution in [0.15, 0.2) is 42.5 Å². The van der Waals surface area contributed by atoms with Gasteiger partial charge in [0.15, 0.2) is 12.4 Å². The molecule has 10 heteroatoms. The van der Waals surface area contributed by atoms with Crippen LogP contribution in [-0.2, 0) is 4.79 Å². The van der Waals surface area contributed by atoms with Gasteiger partial charge in [0.2, 0.25) is 0 Å². The molecular weight excluding hydrogens is 417 g/mol. The summed E-state index contributed by atoms with van der Waals surface area (Å²) in [5.74, 6) is -3.31. The number of carbonyl (C=O) groups is 3. The summed E-state index contributed by atoms with van der Waals surface area (Å²) < 4.78 is 49.4. The van der Waals surface area contributed by atoms with Gasteiger partial charge in [-0.3, -0.25) is 14.4 Å². The SMILES string of the molecule is C=C(C)CN1C(=O)COc2cc(F)c(N3C(=O)c4ccc(OC(F)F)cc4C3=O)cc21. The molecule has 2 aliphatic heterocycles. The van der Waals surface area contributed by atoms with Gasteiger partial charge >= 0.3 is 6.61 Å². The lowest BCUT2D eigenvalue weighted by molar-refractivity contribution is -0.121. The predicted octanol–water partition coefficient (Wildman–Crippen LogP) is 3.53. The minimum Gasteiger partial charge on any atom is -0.481 e. The molecule has 0 unspecified atom stereocenters. The zero-order valence-electron chi connectivity index (χ0n) is 16.2. The van der Waals surface area contributed by atoms with Crippen molar-refractivity contribution in [2.24, 2.45) is 0 Å². The van der Waals surface area contributed by atoms with Crippen LogP contribution in [0.25, 0.3) is 0 Å². The van der Waals surface area contributed by atoms with Gasteiger partial charge in [-0.1, -0.05) is 12.2 Å². The van der Waals surface area contributed by atoms with Gasteiger partial charge in [-0.2, -0.15) is 8.78 Å². The van der Waals surface area contributed by atoms with Gasteiger partial charge in [0.25, 0.3) is 17.7 Å². The smallest absolute Gasteiger partial charge is 0.387 e. The molecular formula is C21H15F3N2O5. The summed E-state index contributed by atoms with van der Waals surface area (Å²) in [6, 6.07) is 5.42. The first kappa shape index (κ1) is 20.5. The second-order valence-corrected chi connectivity index (χ2v) is 7.03. The first-order valence-corrected chi connectivity index (χ1v) is 9.06. The average molecular weight is 432 g/mol. The first-order valence-electron chi connectivity index (χ1n) is 9.06. The number of halogens is 3. The molecule has 0 bridgehead atoms. The van der Waals surface area contributed by atoms with Gasteiger partial charge in [-0.05, 0) is 31.2 Å². The van der Waals surface area contributed by atoms with Gasteiger partial charge in [0, 0.05) is 12.6 Å². The second-order valence-electron chi connectivity index (χ2n) is 7.03. The van der Waals surface area contributed by atoms with E-state index in [0.29, 0.717) is 10.5 Å². The Hall–Kier alpha value is -3.82. The Morgan fingerprint density at radius 3 is 2.52 bits per heavy atom. The maximum atomic E-state index is 14.9. The molecule has 0 saturated heterocycles. The molecule has 7 nitrogen and oxygen atoms in total. The fraction of sp³-hybridized carbons (Fsp3) is 0.190. The molecule has 0 radical (unpaired) electrons. The summed E-state index contributed by atoms with van der Waals surface area (Å²) >= 11 is 0. The van der Waals surface area contributed by atoms with Gasteiger partial charge in [0.1, 0.15) is 11.5 Å². The molecule has 2 heterocycles. The van der Waals surface area contributed by atoms with Gasteiger partial charge in [-0.15, -0.1) is 0 Å². The average Bonchev–Trinajstić information content (AvgIpc) is 2.93. The Bertz CT molecular complexity index is 1150. The van der Waals surface area contributed by atoms with E-state index in [1.165, 1.54) is 11.0 Å². The van der Waals surface area contributed by atoms with E-state index in [1.807, 2.05) is 0 Å². The van der Waals surface area contributed by atoms with Gasteiger partial charge in [0.05, 0.1) is 22.5 Å². The summed E-state index contributed by atoms with van der Waals surface area (Å²) in [4.78, 5) is 39.9. The molecule has 4 rings (SSSR count). The van der Waals surface area contributed by atoms with Crippen molar-refractivity contribution in [1.29, 1.82) is 0 Å². The minimum absolute atomic E-state index is 0.0753. The Labute approximate surface area is 174 Å². The highest BCUT2D eigenvalue weighted by atomic mass is 19.3. The molecule has 0 spiro atoms. The summed E-state index contributed by atoms with van der Waals surface area (Å²) in [6.07, 6.45) is 0. The summed E-state index contributed by atoms with van der Waals surface area (Å²) in [5, 5.41) is 0. The molecule has 0 aromatic heterocycles. The highest BCUT2D eigenvalue weighted by Crippen LogP contribution is 2.40. The number of imide groups is 1. The molecule has 0 saturated carbocycles. The number of nitrogens with zero attached hydrogens (tertiary/aromatic N) is 2. The zero-order valence-corrected chi connectivity index (χ0v) is 16.2. The van der Waals surface area contributed by atoms with E-state index in [4.69, 9.17) is 4.74 Å². The van der Waals surface area contributed by atoms with Crippen LogP contribution in [0.1, 0.15) is 27.6 Å². The largest absolute Gasteiger partial charge is 0.481 e. The molecule has 2 aromatic rings. The summed E-state index contributed by atoms with van der Waals surface area (Å²) in [7, 11) is 0. The third-order valence-electron chi connectivity index (χ3n) is 4.72. The number of rotatable bonds is 5. The number of hydrogen-bond donors (Lipinski definition) is 0. The van der Waals surface area contributed by atoms with Crippen molar-refractivity contribution in [3.05, 3.63) is 59.4 Å². The zero-order chi connectivity index (χ0) is 22.4. The van der Waals surface area contributed by atoms with Crippen molar-refractivity contribution < 1.29 is 37.0 Å². The summed E-state index contributed by atoms with van der Waals surface area (Å²) in [6.45, 7) is 2.19. The predicted molar refractivity (Wildman–Crippen MR) is 103 cm³/mol. The molecule has 0 fully saturated rings. The maximum Gasteiger partial charge on any atom is 0.387 e. The molecule has 0 aliphatic carbocycles. The molecule has 0 atom stereocenters. The van der Waals surface area contributed by atoms with Crippen molar-refractivity contribution >= 4 is 29.1 Å². The van der Waals surface area contributed by atoms with Crippen LogP contribution in [-0.4, -0.2) is 37.5 Å². The van der Waals surface area contributed by atoms with Crippen LogP contribution < -0.4 is 19.3 Å². The third-order valence-corrected chi connectivity index (χ3v) is 4.72. The maximum absolute atomic E-state index is 14.9. The highest BCUT2D eigenvalue weighted by Gasteiger charge is 2.40. The first-order chi connectivity index (χ1) is 14.7. The van der Waals surface area contributed by atoms with Crippen LogP contribution in [0.4, 0.5) is 24.5 Å². The van der Waals surface area contributed by atoms with Crippen molar-refractivity contribution in [2.45, 2.75) is 13.5 Å². The van der Waals surface area contributed by atoms with Crippen molar-refractivity contribution in [1.82, 2.24) is 0 Å². The third kappa shape index (κ3) is 3.49. The van der Waals surface area contributed by atoms with E-state index in [2.05, 4.69) is 11.3 Å². The van der Waals surface area contributed by atoms with Crippen LogP contribution in [0.3, 0.4) is 0 Å². The summed E-state index contributed by atoms with van der Waals surface area (Å²) in [5.41, 5.74) is 0.140. The molecule has 160 valence electrons. The van der Waals surface area contributed by atoms with Crippen LogP contribution in [0, 0.1) is 5.82 Å². The standard InChI is InChI=1S/C21H15F3N2O5/c1-10(2)8-25-16-7-15(14(22)6-17(16)30-9-18(25)27)26-19(28)12-4-3-11(31-21(23)24)5-13(12)20(26)29/h3-7,21H,1,8-9H2,2H3. The quantitative estimate of drug-likeness (QED) is 0.534. The molecule has 2 aromatic carbocycles. The number of anilines is 2. The van der Waals surface area contributed by atoms with E-state index in [9.17, 15) is 27.6 Å². The van der Waals surface area contributed by atoms with E-state index in [1.54, 1.807) is 6.92 Å². The molecule has 3 amide bonds. The Morgan fingerprint density at radius 1 is 1.13 bits per heavy atom. The number of benzene rings is 2. The lowest BCUT2D eigenvalue weighted by Gasteiger charge is -2.30. The van der Waals surface area contributed by atoms with Crippen LogP contribution >= 0.6 is 0 Å². The minimum atomic E-state index is -3.11. The highest BCUT2D eigenvalue weighted by molar-refractivity contribution is 6.34. The lowest BCUT2D eigenvalue weighted by Crippen LogP contribution is -2.40. The Kier molecular flexibility index (Phi) is 4.92. The topological polar surface area (TPSA) is 76.2 Å². The normalized spacial score (nSPS) is 15.2. The van der Waals surface area contributed by atoms with E-state index < -0.39 is 35.8 Å². The number of carbonyl (C=O) groups excluding carboxylic acids is 3. The second kappa shape index (κ2) is 7.46. The van der Waals surface area contributed by atoms with Crippen LogP contribution in [0.5, 0.6) is 11.5 Å². The monoisotopic (exact) mass is 432 g/mol. The fourth-order valence-electron chi connectivity index (χ4n) is 3.44. The molecule has 0 N–H and O–H groups in total. The number of ether oxygens (including phenoxy) is 2. The van der Waals surface area contributed by atoms with Crippen molar-refractivity contribution in [3.8, 4) is 11.5 Å². The van der Waals surface area contributed by atoms with Crippen molar-refractivity contribution in [3.63, 3.8) is 0 Å². The van der Waals surface area contributed by atoms with E-state index in [0.717, 1.165) is 24.3 Å². The number of alkyl halides is 2. The number of fused-ring (bicyclic) bond motifs is 2. The number of hydrogen-bond acceptors (Lipinski definition) is 5. The Balaban J connectivity index is 1.77. The Morgan fingerprint density at radius 2 is 1.84 bits per heavy atom.